The van der Waals surface area contributed by atoms with Crippen molar-refractivity contribution >= 4 is 77.0 Å². The summed E-state index contributed by atoms with van der Waals surface area (Å²) in [5.41, 5.74) is 3.21. The van der Waals surface area contributed by atoms with Gasteiger partial charge in [0.2, 0.25) is 20.0 Å². The highest BCUT2D eigenvalue weighted by atomic mass is 35.5. The van der Waals surface area contributed by atoms with Gasteiger partial charge in [0.05, 0.1) is 39.3 Å². The smallest absolute Gasteiger partial charge is 0.337 e. The second-order valence-electron chi connectivity index (χ2n) is 11.0. The number of primary sulfonamides is 2. The molecule has 0 atom stereocenters. The van der Waals surface area contributed by atoms with Gasteiger partial charge in [0.1, 0.15) is 9.79 Å². The van der Waals surface area contributed by atoms with Gasteiger partial charge in [-0.2, -0.15) is 0 Å². The summed E-state index contributed by atoms with van der Waals surface area (Å²) in [6.45, 7) is 0. The fourth-order valence-electron chi connectivity index (χ4n) is 5.08. The van der Waals surface area contributed by atoms with Gasteiger partial charge in [-0.3, -0.25) is 19.9 Å². The number of esters is 1. The molecule has 6 aromatic rings. The highest BCUT2D eigenvalue weighted by Crippen LogP contribution is 2.27. The molecule has 6 rings (SSSR count). The Morgan fingerprint density at radius 2 is 1.12 bits per heavy atom. The molecule has 0 saturated carbocycles. The summed E-state index contributed by atoms with van der Waals surface area (Å²) in [5, 5.41) is 21.5. The molecular formula is C34H30Cl2N6O8S2. The molecule has 4 aromatic heterocycles. The van der Waals surface area contributed by atoms with Gasteiger partial charge in [-0.05, 0) is 71.8 Å². The van der Waals surface area contributed by atoms with Gasteiger partial charge in [-0.15, -0.1) is 0 Å². The molecule has 18 heteroatoms. The standard InChI is InChI=1S/C17H14ClN3O4S.C16H12ClN3O4S.CH4/c1-25-17(22)11-2-3-20-14(8-11)5-10-4-12-7-13(18)9-21-16(12)15(6-10)26(19,23)24;17-12-6-11-3-9(4-13-7-10(16(21)22)1-2-19-13)5-14(25(18,23)24)15(11)20-8-12;/h2-4,6-9H,5H2,1H3,(H2,19,23,24);1-3,5-8H,4H2,(H,21,22)(H2,18,23,24);1H4. The molecule has 14 nitrogen and oxygen atoms in total. The Hall–Kier alpha value is -5.10. The van der Waals surface area contributed by atoms with Crippen LogP contribution in [0.15, 0.2) is 95.2 Å². The largest absolute Gasteiger partial charge is 0.478 e. The summed E-state index contributed by atoms with van der Waals surface area (Å²) in [5.74, 6) is -1.54. The summed E-state index contributed by atoms with van der Waals surface area (Å²) < 4.78 is 52.4. The second-order valence-corrected chi connectivity index (χ2v) is 14.9. The Kier molecular flexibility index (Phi) is 12.3. The third-order valence-corrected chi connectivity index (χ3v) is 9.50. The molecule has 52 heavy (non-hydrogen) atoms. The molecule has 0 amide bonds. The monoisotopic (exact) mass is 784 g/mol. The van der Waals surface area contributed by atoms with Gasteiger partial charge in [0.25, 0.3) is 0 Å². The van der Waals surface area contributed by atoms with Crippen LogP contribution in [0.4, 0.5) is 0 Å². The highest BCUT2D eigenvalue weighted by Gasteiger charge is 2.18. The first-order valence-electron chi connectivity index (χ1n) is 14.5. The summed E-state index contributed by atoms with van der Waals surface area (Å²) in [6.07, 6.45) is 6.10. The van der Waals surface area contributed by atoms with E-state index in [0.29, 0.717) is 48.9 Å². The van der Waals surface area contributed by atoms with Gasteiger partial charge < -0.3 is 9.84 Å². The van der Waals surface area contributed by atoms with Crippen molar-refractivity contribution < 1.29 is 36.3 Å². The molecule has 4 heterocycles. The van der Waals surface area contributed by atoms with Crippen LogP contribution < -0.4 is 10.3 Å². The SMILES string of the molecule is C.COC(=O)c1ccnc(Cc2cc(S(N)(=O)=O)c3ncc(Cl)cc3c2)c1.NS(=O)(=O)c1cc(Cc2cc(C(=O)O)ccn2)cc2cc(Cl)cnc12. The van der Waals surface area contributed by atoms with Crippen molar-refractivity contribution in [3.63, 3.8) is 0 Å². The number of rotatable bonds is 8. The molecule has 0 aliphatic carbocycles. The van der Waals surface area contributed by atoms with Crippen LogP contribution in [0.5, 0.6) is 0 Å². The summed E-state index contributed by atoms with van der Waals surface area (Å²) in [7, 11) is -6.69. The van der Waals surface area contributed by atoms with E-state index in [1.165, 1.54) is 62.2 Å². The molecule has 0 aliphatic heterocycles. The van der Waals surface area contributed by atoms with Crippen molar-refractivity contribution in [2.75, 3.05) is 7.11 Å². The quantitative estimate of drug-likeness (QED) is 0.170. The van der Waals surface area contributed by atoms with E-state index in [-0.39, 0.29) is 46.7 Å². The van der Waals surface area contributed by atoms with Crippen LogP contribution in [0.2, 0.25) is 10.0 Å². The van der Waals surface area contributed by atoms with Gasteiger partial charge >= 0.3 is 11.9 Å². The van der Waals surface area contributed by atoms with Crippen LogP contribution in [0.25, 0.3) is 21.8 Å². The number of hydrogen-bond donors (Lipinski definition) is 3. The number of sulfonamides is 2. The Morgan fingerprint density at radius 3 is 1.52 bits per heavy atom. The lowest BCUT2D eigenvalue weighted by atomic mass is 10.0. The van der Waals surface area contributed by atoms with Crippen LogP contribution in [-0.2, 0) is 37.6 Å². The molecule has 5 N–H and O–H groups in total. The van der Waals surface area contributed by atoms with E-state index in [0.717, 1.165) is 0 Å². The molecule has 0 fully saturated rings. The number of carbonyl (C=O) groups is 2. The van der Waals surface area contributed by atoms with E-state index in [1.54, 1.807) is 30.3 Å². The van der Waals surface area contributed by atoms with Crippen LogP contribution >= 0.6 is 23.2 Å². The number of hydrogen-bond acceptors (Lipinski definition) is 11. The number of nitrogens with zero attached hydrogens (tertiary/aromatic N) is 4. The molecule has 0 saturated heterocycles. The Bertz CT molecular complexity index is 2570. The maximum absolute atomic E-state index is 11.9. The molecule has 0 unspecified atom stereocenters. The van der Waals surface area contributed by atoms with Crippen LogP contribution in [0.1, 0.15) is 50.7 Å². The zero-order valence-electron chi connectivity index (χ0n) is 26.3. The molecule has 270 valence electrons. The number of pyridine rings is 4. The summed E-state index contributed by atoms with van der Waals surface area (Å²) in [6, 6.07) is 15.5. The number of benzene rings is 2. The molecule has 0 aliphatic rings. The fraction of sp³-hybridized carbons (Fsp3) is 0.118. The van der Waals surface area contributed by atoms with Crippen molar-refractivity contribution in [2.45, 2.75) is 30.1 Å². The summed E-state index contributed by atoms with van der Waals surface area (Å²) in [4.78, 5) is 38.9. The lowest BCUT2D eigenvalue weighted by Gasteiger charge is -2.09. The first kappa shape index (κ1) is 39.7. The van der Waals surface area contributed by atoms with Crippen LogP contribution in [0, 0.1) is 0 Å². The van der Waals surface area contributed by atoms with Crippen molar-refractivity contribution in [1.82, 2.24) is 19.9 Å². The molecule has 0 radical (unpaired) electrons. The van der Waals surface area contributed by atoms with Crippen LogP contribution in [-0.4, -0.2) is 60.9 Å². The van der Waals surface area contributed by atoms with Gasteiger partial charge in [-0.1, -0.05) is 30.6 Å². The molecular weight excluding hydrogens is 755 g/mol. The lowest BCUT2D eigenvalue weighted by Crippen LogP contribution is -2.13. The maximum Gasteiger partial charge on any atom is 0.337 e. The van der Waals surface area contributed by atoms with Gasteiger partial charge in [0, 0.05) is 59.8 Å². The van der Waals surface area contributed by atoms with Gasteiger partial charge in [0.15, 0.2) is 0 Å². The maximum atomic E-state index is 11.9. The predicted molar refractivity (Wildman–Crippen MR) is 195 cm³/mol. The number of aromatic carboxylic acids is 1. The van der Waals surface area contributed by atoms with E-state index in [1.807, 2.05) is 0 Å². The zero-order chi connectivity index (χ0) is 37.1. The van der Waals surface area contributed by atoms with E-state index in [9.17, 15) is 26.4 Å². The first-order valence-corrected chi connectivity index (χ1v) is 18.3. The number of carbonyl (C=O) groups excluding carboxylic acids is 1. The highest BCUT2D eigenvalue weighted by molar-refractivity contribution is 7.89. The second kappa shape index (κ2) is 16.1. The average Bonchev–Trinajstić information content (AvgIpc) is 3.06. The Labute approximate surface area is 308 Å². The number of fused-ring (bicyclic) bond motifs is 2. The normalized spacial score (nSPS) is 11.3. The molecule has 0 spiro atoms. The third-order valence-electron chi connectivity index (χ3n) is 7.23. The lowest BCUT2D eigenvalue weighted by molar-refractivity contribution is 0.0599. The average molecular weight is 786 g/mol. The van der Waals surface area contributed by atoms with Crippen molar-refractivity contribution in [2.24, 2.45) is 10.3 Å². The number of carboxylic acid groups (broad SMARTS) is 1. The van der Waals surface area contributed by atoms with Crippen LogP contribution in [0.3, 0.4) is 0 Å². The number of ether oxygens (including phenoxy) is 1. The van der Waals surface area contributed by atoms with E-state index in [4.69, 9.17) is 43.3 Å². The van der Waals surface area contributed by atoms with Crippen molar-refractivity contribution in [1.29, 1.82) is 0 Å². The summed E-state index contributed by atoms with van der Waals surface area (Å²) >= 11 is 11.9. The Morgan fingerprint density at radius 1 is 0.692 bits per heavy atom. The molecule has 0 bridgehead atoms. The number of nitrogens with two attached hydrogens (primary N) is 2. The fourth-order valence-corrected chi connectivity index (χ4v) is 6.93. The predicted octanol–water partition coefficient (Wildman–Crippen LogP) is 5.16. The first-order chi connectivity index (χ1) is 24.0. The minimum atomic E-state index is -4.00. The van der Waals surface area contributed by atoms with Crippen molar-refractivity contribution in [3.8, 4) is 0 Å². The van der Waals surface area contributed by atoms with E-state index < -0.39 is 32.0 Å². The van der Waals surface area contributed by atoms with E-state index in [2.05, 4.69) is 19.9 Å². The topological polar surface area (TPSA) is 235 Å². The van der Waals surface area contributed by atoms with Crippen molar-refractivity contribution in [3.05, 3.63) is 129 Å². The van der Waals surface area contributed by atoms with E-state index >= 15 is 0 Å². The Balaban J connectivity index is 0.000000228. The number of aromatic nitrogens is 4. The number of methoxy groups -OCH3 is 1. The third kappa shape index (κ3) is 9.61. The minimum absolute atomic E-state index is 0. The number of carboxylic acids is 1. The molecule has 2 aromatic carbocycles. The zero-order valence-corrected chi connectivity index (χ0v) is 29.5. The van der Waals surface area contributed by atoms with Gasteiger partial charge in [-0.25, -0.2) is 36.7 Å². The number of halogens is 2. The minimum Gasteiger partial charge on any atom is -0.478 e.